The van der Waals surface area contributed by atoms with E-state index >= 15 is 0 Å². The summed E-state index contributed by atoms with van der Waals surface area (Å²) in [7, 11) is 0. The smallest absolute Gasteiger partial charge is 0.251 e. The van der Waals surface area contributed by atoms with Crippen LogP contribution in [0.1, 0.15) is 22.8 Å². The maximum Gasteiger partial charge on any atom is 0.251 e. The summed E-state index contributed by atoms with van der Waals surface area (Å²) >= 11 is 0. The minimum Gasteiger partial charge on any atom is -0.351 e. The summed E-state index contributed by atoms with van der Waals surface area (Å²) in [5.41, 5.74) is 7.78. The maximum atomic E-state index is 12.7. The first-order chi connectivity index (χ1) is 13.0. The lowest BCUT2D eigenvalue weighted by molar-refractivity contribution is -0.122. The average molecular weight is 366 g/mol. The van der Waals surface area contributed by atoms with E-state index in [1.807, 2.05) is 30.3 Å². The highest BCUT2D eigenvalue weighted by Gasteiger charge is 2.35. The summed E-state index contributed by atoms with van der Waals surface area (Å²) < 4.78 is 0. The van der Waals surface area contributed by atoms with Gasteiger partial charge in [0, 0.05) is 32.0 Å². The maximum absolute atomic E-state index is 12.7. The number of carbonyl (C=O) groups excluding carboxylic acids is 3. The van der Waals surface area contributed by atoms with Gasteiger partial charge in [-0.2, -0.15) is 0 Å². The molecule has 0 aromatic heterocycles. The fraction of sp³-hybridized carbons (Fsp3) is 0.250. The monoisotopic (exact) mass is 366 g/mol. The molecule has 1 aliphatic heterocycles. The molecular weight excluding hydrogens is 344 g/mol. The van der Waals surface area contributed by atoms with Crippen LogP contribution in [0.15, 0.2) is 48.5 Å². The van der Waals surface area contributed by atoms with Crippen LogP contribution < -0.4 is 21.3 Å². The Bertz CT molecular complexity index is 867. The van der Waals surface area contributed by atoms with E-state index in [0.29, 0.717) is 36.4 Å². The Kier molecular flexibility index (Phi) is 5.52. The first kappa shape index (κ1) is 18.6. The van der Waals surface area contributed by atoms with E-state index in [9.17, 15) is 14.4 Å². The first-order valence-electron chi connectivity index (χ1n) is 8.78. The highest BCUT2D eigenvalue weighted by atomic mass is 16.2. The third-order valence-corrected chi connectivity index (χ3v) is 4.43. The fourth-order valence-corrected chi connectivity index (χ4v) is 3.19. The molecule has 7 nitrogen and oxygen atoms in total. The SMILES string of the molecule is CC(=O)N1c2ccc(C(=O)NCCN)cc2NC(=O)C1Cc1ccccc1. The normalized spacial score (nSPS) is 15.7. The molecule has 1 unspecified atom stereocenters. The van der Waals surface area contributed by atoms with E-state index in [0.717, 1.165) is 5.56 Å². The van der Waals surface area contributed by atoms with Crippen molar-refractivity contribution in [2.24, 2.45) is 5.73 Å². The zero-order valence-corrected chi connectivity index (χ0v) is 15.1. The number of benzene rings is 2. The van der Waals surface area contributed by atoms with Crippen LogP contribution in [0.4, 0.5) is 11.4 Å². The molecule has 1 aliphatic rings. The summed E-state index contributed by atoms with van der Waals surface area (Å²) in [6, 6.07) is 13.8. The molecule has 0 fully saturated rings. The Hall–Kier alpha value is -3.19. The minimum absolute atomic E-state index is 0.229. The molecule has 0 radical (unpaired) electrons. The number of fused-ring (bicyclic) bond motifs is 1. The van der Waals surface area contributed by atoms with Crippen molar-refractivity contribution in [1.29, 1.82) is 0 Å². The lowest BCUT2D eigenvalue weighted by Crippen LogP contribution is -2.51. The van der Waals surface area contributed by atoms with Crippen LogP contribution in [0.2, 0.25) is 0 Å². The standard InChI is InChI=1S/C20H22N4O3/c1-13(25)24-17-8-7-15(19(26)22-10-9-21)12-16(17)23-20(27)18(24)11-14-5-3-2-4-6-14/h2-8,12,18H,9-11,21H2,1H3,(H,22,26)(H,23,27). The van der Waals surface area contributed by atoms with E-state index in [4.69, 9.17) is 5.73 Å². The van der Waals surface area contributed by atoms with Gasteiger partial charge < -0.3 is 16.4 Å². The molecule has 7 heteroatoms. The highest BCUT2D eigenvalue weighted by molar-refractivity contribution is 6.12. The van der Waals surface area contributed by atoms with Crippen molar-refractivity contribution in [3.05, 3.63) is 59.7 Å². The minimum atomic E-state index is -0.644. The largest absolute Gasteiger partial charge is 0.351 e. The number of hydrogen-bond acceptors (Lipinski definition) is 4. The van der Waals surface area contributed by atoms with E-state index < -0.39 is 6.04 Å². The number of amides is 3. The molecule has 3 rings (SSSR count). The van der Waals surface area contributed by atoms with Crippen LogP contribution in [0.3, 0.4) is 0 Å². The highest BCUT2D eigenvalue weighted by Crippen LogP contribution is 2.34. The molecule has 0 aliphatic carbocycles. The number of carbonyl (C=O) groups is 3. The lowest BCUT2D eigenvalue weighted by atomic mass is 9.99. The van der Waals surface area contributed by atoms with Gasteiger partial charge in [-0.05, 0) is 23.8 Å². The second kappa shape index (κ2) is 8.01. The molecule has 27 heavy (non-hydrogen) atoms. The number of nitrogens with zero attached hydrogens (tertiary/aromatic N) is 1. The van der Waals surface area contributed by atoms with Gasteiger partial charge >= 0.3 is 0 Å². The van der Waals surface area contributed by atoms with E-state index in [2.05, 4.69) is 10.6 Å². The molecule has 0 saturated carbocycles. The summed E-state index contributed by atoms with van der Waals surface area (Å²) in [6.45, 7) is 2.13. The van der Waals surface area contributed by atoms with Gasteiger partial charge in [-0.15, -0.1) is 0 Å². The topological polar surface area (TPSA) is 105 Å². The molecule has 140 valence electrons. The first-order valence-corrected chi connectivity index (χ1v) is 8.78. The number of hydrogen-bond donors (Lipinski definition) is 3. The number of anilines is 2. The Morgan fingerprint density at radius 3 is 2.59 bits per heavy atom. The molecule has 1 atom stereocenters. The third-order valence-electron chi connectivity index (χ3n) is 4.43. The number of rotatable bonds is 5. The Labute approximate surface area is 157 Å². The summed E-state index contributed by atoms with van der Waals surface area (Å²) in [4.78, 5) is 38.6. The van der Waals surface area contributed by atoms with Gasteiger partial charge in [0.15, 0.2) is 0 Å². The Balaban J connectivity index is 1.92. The molecule has 2 aromatic rings. The second-order valence-corrected chi connectivity index (χ2v) is 6.36. The second-order valence-electron chi connectivity index (χ2n) is 6.36. The third kappa shape index (κ3) is 3.98. The molecule has 0 spiro atoms. The molecule has 0 saturated heterocycles. The van der Waals surface area contributed by atoms with Crippen molar-refractivity contribution in [3.8, 4) is 0 Å². The van der Waals surface area contributed by atoms with Crippen molar-refractivity contribution in [2.45, 2.75) is 19.4 Å². The predicted molar refractivity (Wildman–Crippen MR) is 104 cm³/mol. The van der Waals surface area contributed by atoms with Gasteiger partial charge in [-0.25, -0.2) is 0 Å². The van der Waals surface area contributed by atoms with E-state index in [1.54, 1.807) is 18.2 Å². The van der Waals surface area contributed by atoms with Gasteiger partial charge in [-0.1, -0.05) is 30.3 Å². The summed E-state index contributed by atoms with van der Waals surface area (Å²) in [6.07, 6.45) is 0.407. The van der Waals surface area contributed by atoms with Gasteiger partial charge in [0.25, 0.3) is 5.91 Å². The van der Waals surface area contributed by atoms with Crippen LogP contribution in [-0.4, -0.2) is 36.9 Å². The molecular formula is C20H22N4O3. The van der Waals surface area contributed by atoms with Gasteiger partial charge in [0.1, 0.15) is 6.04 Å². The van der Waals surface area contributed by atoms with Crippen LogP contribution in [0.25, 0.3) is 0 Å². The average Bonchev–Trinajstić information content (AvgIpc) is 2.66. The van der Waals surface area contributed by atoms with Crippen LogP contribution in [0, 0.1) is 0 Å². The Morgan fingerprint density at radius 1 is 1.19 bits per heavy atom. The molecule has 4 N–H and O–H groups in total. The molecule has 2 aromatic carbocycles. The quantitative estimate of drug-likeness (QED) is 0.742. The number of nitrogens with one attached hydrogen (secondary N) is 2. The van der Waals surface area contributed by atoms with Crippen molar-refractivity contribution < 1.29 is 14.4 Å². The lowest BCUT2D eigenvalue weighted by Gasteiger charge is -2.36. The summed E-state index contributed by atoms with van der Waals surface area (Å²) in [5.74, 6) is -0.785. The van der Waals surface area contributed by atoms with Crippen molar-refractivity contribution in [2.75, 3.05) is 23.3 Å². The van der Waals surface area contributed by atoms with E-state index in [-0.39, 0.29) is 17.7 Å². The van der Waals surface area contributed by atoms with Crippen molar-refractivity contribution in [1.82, 2.24) is 5.32 Å². The molecule has 3 amide bonds. The van der Waals surface area contributed by atoms with Crippen molar-refractivity contribution >= 4 is 29.1 Å². The zero-order valence-electron chi connectivity index (χ0n) is 15.1. The van der Waals surface area contributed by atoms with Crippen LogP contribution in [-0.2, 0) is 16.0 Å². The Morgan fingerprint density at radius 2 is 1.93 bits per heavy atom. The predicted octanol–water partition coefficient (Wildman–Crippen LogP) is 1.29. The molecule has 0 bridgehead atoms. The molecule has 1 heterocycles. The van der Waals surface area contributed by atoms with E-state index in [1.165, 1.54) is 11.8 Å². The summed E-state index contributed by atoms with van der Waals surface area (Å²) in [5, 5.41) is 5.51. The number of nitrogens with two attached hydrogens (primary N) is 1. The van der Waals surface area contributed by atoms with Gasteiger partial charge in [0.2, 0.25) is 11.8 Å². The van der Waals surface area contributed by atoms with Gasteiger partial charge in [-0.3, -0.25) is 19.3 Å². The van der Waals surface area contributed by atoms with Crippen molar-refractivity contribution in [3.63, 3.8) is 0 Å². The van der Waals surface area contributed by atoms with Crippen LogP contribution in [0.5, 0.6) is 0 Å². The van der Waals surface area contributed by atoms with Crippen LogP contribution >= 0.6 is 0 Å². The fourth-order valence-electron chi connectivity index (χ4n) is 3.19. The zero-order chi connectivity index (χ0) is 19.4. The van der Waals surface area contributed by atoms with Gasteiger partial charge in [0.05, 0.1) is 11.4 Å².